The van der Waals surface area contributed by atoms with Crippen LogP contribution in [0.1, 0.15) is 24.0 Å². The zero-order chi connectivity index (χ0) is 18.3. The van der Waals surface area contributed by atoms with Crippen LogP contribution in [0.5, 0.6) is 0 Å². The Hall–Kier alpha value is -2.25. The first-order valence-electron chi connectivity index (χ1n) is 8.02. The van der Waals surface area contributed by atoms with Gasteiger partial charge < -0.3 is 0 Å². The minimum atomic E-state index is -3.82. The summed E-state index contributed by atoms with van der Waals surface area (Å²) in [5.41, 5.74) is 1.84. The van der Waals surface area contributed by atoms with Gasteiger partial charge in [0.15, 0.2) is 0 Å². The fourth-order valence-electron chi connectivity index (χ4n) is 2.43. The maximum absolute atomic E-state index is 12.1. The second kappa shape index (κ2) is 8.73. The zero-order valence-electron chi connectivity index (χ0n) is 14.0. The highest BCUT2D eigenvalue weighted by Gasteiger charge is 2.21. The lowest BCUT2D eigenvalue weighted by molar-refractivity contribution is -0.523. The van der Waals surface area contributed by atoms with E-state index in [1.54, 1.807) is 12.1 Å². The van der Waals surface area contributed by atoms with E-state index in [0.29, 0.717) is 12.8 Å². The normalized spacial score (nSPS) is 12.7. The highest BCUT2D eigenvalue weighted by molar-refractivity contribution is 7.86. The van der Waals surface area contributed by atoms with Crippen molar-refractivity contribution in [2.24, 2.45) is 0 Å². The first-order chi connectivity index (χ1) is 11.9. The molecule has 134 valence electrons. The molecule has 0 N–H and O–H groups in total. The molecule has 0 amide bonds. The minimum absolute atomic E-state index is 0.0741. The van der Waals surface area contributed by atoms with E-state index in [-0.39, 0.29) is 22.8 Å². The van der Waals surface area contributed by atoms with Gasteiger partial charge in [0.05, 0.1) is 11.5 Å². The minimum Gasteiger partial charge on any atom is -0.266 e. The lowest BCUT2D eigenvalue weighted by atomic mass is 10.0. The van der Waals surface area contributed by atoms with Gasteiger partial charge >= 0.3 is 0 Å². The summed E-state index contributed by atoms with van der Waals surface area (Å²) in [7, 11) is -3.82. The largest absolute Gasteiger partial charge is 0.296 e. The molecule has 2 rings (SSSR count). The van der Waals surface area contributed by atoms with E-state index in [9.17, 15) is 18.5 Å². The molecule has 0 spiro atoms. The van der Waals surface area contributed by atoms with Crippen molar-refractivity contribution in [1.29, 1.82) is 0 Å². The van der Waals surface area contributed by atoms with Crippen LogP contribution in [0.3, 0.4) is 0 Å². The van der Waals surface area contributed by atoms with Gasteiger partial charge in [-0.05, 0) is 31.0 Å². The van der Waals surface area contributed by atoms with Crippen molar-refractivity contribution in [3.8, 4) is 0 Å². The fourth-order valence-corrected chi connectivity index (χ4v) is 3.37. The van der Waals surface area contributed by atoms with E-state index >= 15 is 0 Å². The number of nitro groups is 1. The molecular weight excluding hydrogens is 342 g/mol. The maximum atomic E-state index is 12.1. The van der Waals surface area contributed by atoms with Gasteiger partial charge in [-0.15, -0.1) is 0 Å². The van der Waals surface area contributed by atoms with Crippen LogP contribution in [0.15, 0.2) is 59.5 Å². The Morgan fingerprint density at radius 2 is 1.72 bits per heavy atom. The molecule has 0 heterocycles. The average Bonchev–Trinajstić information content (AvgIpc) is 2.58. The molecule has 0 radical (unpaired) electrons. The van der Waals surface area contributed by atoms with Gasteiger partial charge in [-0.25, -0.2) is 0 Å². The lowest BCUT2D eigenvalue weighted by Crippen LogP contribution is -2.23. The molecule has 0 fully saturated rings. The monoisotopic (exact) mass is 363 g/mol. The molecule has 1 atom stereocenters. The van der Waals surface area contributed by atoms with Crippen molar-refractivity contribution >= 4 is 10.1 Å². The van der Waals surface area contributed by atoms with Crippen molar-refractivity contribution in [3.05, 3.63) is 75.8 Å². The van der Waals surface area contributed by atoms with Crippen LogP contribution < -0.4 is 0 Å². The molecule has 7 heteroatoms. The van der Waals surface area contributed by atoms with E-state index < -0.39 is 16.2 Å². The molecule has 0 aliphatic rings. The number of nitrogens with zero attached hydrogens (tertiary/aromatic N) is 1. The Labute approximate surface area is 147 Å². The first kappa shape index (κ1) is 19.1. The van der Waals surface area contributed by atoms with Gasteiger partial charge in [-0.3, -0.25) is 14.3 Å². The molecule has 1 unspecified atom stereocenters. The quantitative estimate of drug-likeness (QED) is 0.295. The van der Waals surface area contributed by atoms with Crippen LogP contribution in [0, 0.1) is 17.0 Å². The summed E-state index contributed by atoms with van der Waals surface area (Å²) in [6.45, 7) is 1.79. The van der Waals surface area contributed by atoms with Crippen LogP contribution in [0.4, 0.5) is 0 Å². The maximum Gasteiger partial charge on any atom is 0.296 e. The van der Waals surface area contributed by atoms with E-state index in [1.807, 2.05) is 37.3 Å². The Bertz CT molecular complexity index is 788. The molecule has 0 saturated heterocycles. The Morgan fingerprint density at radius 3 is 2.32 bits per heavy atom. The number of hydrogen-bond acceptors (Lipinski definition) is 5. The molecular formula is C18H21NO5S. The standard InChI is InChI=1S/C18H21NO5S/c1-15-9-11-18(12-10-15)25(22,23)24-13-5-8-17(19(20)21)14-16-6-3-2-4-7-16/h2-4,6-7,9-12,17H,5,8,13-14H2,1H3. The summed E-state index contributed by atoms with van der Waals surface area (Å²) in [5, 5.41) is 11.2. The second-order valence-corrected chi connectivity index (χ2v) is 7.48. The molecule has 0 aliphatic carbocycles. The molecule has 0 aromatic heterocycles. The number of benzene rings is 2. The van der Waals surface area contributed by atoms with E-state index in [1.165, 1.54) is 12.1 Å². The number of aryl methyl sites for hydroxylation is 1. The molecule has 0 aliphatic heterocycles. The SMILES string of the molecule is Cc1ccc(S(=O)(=O)OCCCC(Cc2ccccc2)[N+](=O)[O-])cc1. The molecule has 25 heavy (non-hydrogen) atoms. The van der Waals surface area contributed by atoms with E-state index in [0.717, 1.165) is 11.1 Å². The van der Waals surface area contributed by atoms with Crippen LogP contribution in [0.2, 0.25) is 0 Å². The van der Waals surface area contributed by atoms with Gasteiger partial charge in [-0.2, -0.15) is 8.42 Å². The van der Waals surface area contributed by atoms with Gasteiger partial charge in [0.25, 0.3) is 10.1 Å². The average molecular weight is 363 g/mol. The van der Waals surface area contributed by atoms with Crippen LogP contribution in [0.25, 0.3) is 0 Å². The molecule has 0 saturated carbocycles. The number of rotatable bonds is 9. The molecule has 2 aromatic carbocycles. The molecule has 0 bridgehead atoms. The summed E-state index contributed by atoms with van der Waals surface area (Å²) in [6, 6.07) is 14.8. The molecule has 2 aromatic rings. The van der Waals surface area contributed by atoms with Crippen molar-refractivity contribution in [2.45, 2.75) is 37.1 Å². The molecule has 6 nitrogen and oxygen atoms in total. The Morgan fingerprint density at radius 1 is 1.08 bits per heavy atom. The van der Waals surface area contributed by atoms with Gasteiger partial charge in [0, 0.05) is 17.8 Å². The predicted molar refractivity (Wildman–Crippen MR) is 94.5 cm³/mol. The van der Waals surface area contributed by atoms with Crippen molar-refractivity contribution in [3.63, 3.8) is 0 Å². The smallest absolute Gasteiger partial charge is 0.266 e. The lowest BCUT2D eigenvalue weighted by Gasteiger charge is -2.10. The van der Waals surface area contributed by atoms with Crippen LogP contribution >= 0.6 is 0 Å². The van der Waals surface area contributed by atoms with Gasteiger partial charge in [0.2, 0.25) is 6.04 Å². The van der Waals surface area contributed by atoms with Crippen molar-refractivity contribution in [2.75, 3.05) is 6.61 Å². The highest BCUT2D eigenvalue weighted by Crippen LogP contribution is 2.15. The van der Waals surface area contributed by atoms with Crippen molar-refractivity contribution in [1.82, 2.24) is 0 Å². The third kappa shape index (κ3) is 5.95. The third-order valence-electron chi connectivity index (χ3n) is 3.84. The Kier molecular flexibility index (Phi) is 6.66. The van der Waals surface area contributed by atoms with Crippen LogP contribution in [-0.4, -0.2) is 26.0 Å². The second-order valence-electron chi connectivity index (χ2n) is 5.86. The predicted octanol–water partition coefficient (Wildman–Crippen LogP) is 3.37. The summed E-state index contributed by atoms with van der Waals surface area (Å²) >= 11 is 0. The fraction of sp³-hybridized carbons (Fsp3) is 0.333. The first-order valence-corrected chi connectivity index (χ1v) is 9.43. The number of hydrogen-bond donors (Lipinski definition) is 0. The van der Waals surface area contributed by atoms with E-state index in [2.05, 4.69) is 0 Å². The summed E-state index contributed by atoms with van der Waals surface area (Å²) in [5.74, 6) is 0. The zero-order valence-corrected chi connectivity index (χ0v) is 14.8. The van der Waals surface area contributed by atoms with Gasteiger partial charge in [0.1, 0.15) is 0 Å². The van der Waals surface area contributed by atoms with Gasteiger partial charge in [-0.1, -0.05) is 48.0 Å². The van der Waals surface area contributed by atoms with E-state index in [4.69, 9.17) is 4.18 Å². The van der Waals surface area contributed by atoms with Crippen LogP contribution in [-0.2, 0) is 20.7 Å². The Balaban J connectivity index is 1.85. The van der Waals surface area contributed by atoms with Crippen molar-refractivity contribution < 1.29 is 17.5 Å². The third-order valence-corrected chi connectivity index (χ3v) is 5.17. The highest BCUT2D eigenvalue weighted by atomic mass is 32.2. The summed E-state index contributed by atoms with van der Waals surface area (Å²) in [6.07, 6.45) is 0.868. The summed E-state index contributed by atoms with van der Waals surface area (Å²) < 4.78 is 29.1. The summed E-state index contributed by atoms with van der Waals surface area (Å²) in [4.78, 5) is 11.0. The topological polar surface area (TPSA) is 86.5 Å².